The molecule has 0 aromatic carbocycles. The number of carbonyl (C=O) groups excluding carboxylic acids is 1. The van der Waals surface area contributed by atoms with Gasteiger partial charge in [0.05, 0.1) is 36.3 Å². The third kappa shape index (κ3) is 5.10. The summed E-state index contributed by atoms with van der Waals surface area (Å²) in [5.41, 5.74) is 6.05. The Morgan fingerprint density at radius 3 is 2.75 bits per heavy atom. The van der Waals surface area contributed by atoms with Crippen LogP contribution >= 0.6 is 0 Å². The van der Waals surface area contributed by atoms with Crippen LogP contribution in [-0.2, 0) is 35.8 Å². The largest absolute Gasteiger partial charge is 0.469 e. The van der Waals surface area contributed by atoms with Crippen molar-refractivity contribution in [2.45, 2.75) is 64.2 Å². The number of aryl methyl sites for hydroxylation is 3. The number of ether oxygens (including phenoxy) is 1. The van der Waals surface area contributed by atoms with Gasteiger partial charge in [0.25, 0.3) is 0 Å². The molecule has 2 fully saturated rings. The second kappa shape index (κ2) is 10.7. The van der Waals surface area contributed by atoms with Crippen LogP contribution in [0.5, 0.6) is 0 Å². The Bertz CT molecular complexity index is 1220. The van der Waals surface area contributed by atoms with Crippen LogP contribution in [0.1, 0.15) is 67.9 Å². The van der Waals surface area contributed by atoms with E-state index in [0.29, 0.717) is 18.3 Å². The van der Waals surface area contributed by atoms with Gasteiger partial charge in [-0.25, -0.2) is 15.0 Å². The van der Waals surface area contributed by atoms with Gasteiger partial charge in [0.1, 0.15) is 11.5 Å². The van der Waals surface area contributed by atoms with E-state index in [1.165, 1.54) is 32.1 Å². The van der Waals surface area contributed by atoms with Gasteiger partial charge in [0, 0.05) is 44.4 Å². The van der Waals surface area contributed by atoms with E-state index in [1.807, 2.05) is 24.0 Å². The topological polar surface area (TPSA) is 98.9 Å². The van der Waals surface area contributed by atoms with E-state index in [-0.39, 0.29) is 5.97 Å². The first-order valence-corrected chi connectivity index (χ1v) is 13.1. The second-order valence-electron chi connectivity index (χ2n) is 9.93. The maximum atomic E-state index is 11.7. The maximum absolute atomic E-state index is 11.7. The van der Waals surface area contributed by atoms with Gasteiger partial charge in [-0.1, -0.05) is 18.6 Å². The lowest BCUT2D eigenvalue weighted by atomic mass is 9.83. The summed E-state index contributed by atoms with van der Waals surface area (Å²) >= 11 is 0. The van der Waals surface area contributed by atoms with E-state index >= 15 is 0 Å². The number of esters is 1. The third-order valence-corrected chi connectivity index (χ3v) is 7.62. The minimum absolute atomic E-state index is 0.138. The molecule has 0 radical (unpaired) electrons. The number of aromatic nitrogens is 6. The lowest BCUT2D eigenvalue weighted by Crippen LogP contribution is -2.22. The summed E-state index contributed by atoms with van der Waals surface area (Å²) in [5, 5.41) is 8.77. The molecule has 1 saturated heterocycles. The normalized spacial score (nSPS) is 17.9. The number of anilines is 1. The molecule has 1 aliphatic heterocycles. The third-order valence-electron chi connectivity index (χ3n) is 7.62. The smallest absolute Gasteiger partial charge is 0.305 e. The highest BCUT2D eigenvalue weighted by molar-refractivity contribution is 5.70. The Morgan fingerprint density at radius 2 is 2.00 bits per heavy atom. The van der Waals surface area contributed by atoms with Crippen molar-refractivity contribution < 1.29 is 9.53 Å². The number of rotatable bonds is 9. The summed E-state index contributed by atoms with van der Waals surface area (Å²) in [6.45, 7) is 3.90. The molecule has 36 heavy (non-hydrogen) atoms. The van der Waals surface area contributed by atoms with E-state index in [4.69, 9.17) is 14.7 Å². The zero-order chi connectivity index (χ0) is 25.1. The fourth-order valence-corrected chi connectivity index (χ4v) is 5.26. The van der Waals surface area contributed by atoms with E-state index in [0.717, 1.165) is 73.1 Å². The molecule has 1 aliphatic carbocycles. The highest BCUT2D eigenvalue weighted by Gasteiger charge is 2.27. The predicted molar refractivity (Wildman–Crippen MR) is 137 cm³/mol. The molecule has 0 amide bonds. The van der Waals surface area contributed by atoms with Crippen LogP contribution in [0.25, 0.3) is 11.4 Å². The molecule has 9 nitrogen and oxygen atoms in total. The van der Waals surface area contributed by atoms with Gasteiger partial charge in [0.15, 0.2) is 0 Å². The van der Waals surface area contributed by atoms with Crippen molar-refractivity contribution in [1.29, 1.82) is 0 Å². The van der Waals surface area contributed by atoms with Crippen molar-refractivity contribution in [1.82, 2.24) is 29.9 Å². The number of carbonyl (C=O) groups is 1. The van der Waals surface area contributed by atoms with Gasteiger partial charge in [-0.05, 0) is 56.2 Å². The molecule has 0 unspecified atom stereocenters. The van der Waals surface area contributed by atoms with E-state index in [2.05, 4.69) is 39.3 Å². The summed E-state index contributed by atoms with van der Waals surface area (Å²) in [7, 11) is 3.38. The van der Waals surface area contributed by atoms with Crippen LogP contribution in [0.3, 0.4) is 0 Å². The first-order valence-electron chi connectivity index (χ1n) is 13.1. The van der Waals surface area contributed by atoms with Crippen molar-refractivity contribution in [2.75, 3.05) is 25.1 Å². The van der Waals surface area contributed by atoms with Crippen molar-refractivity contribution in [3.05, 3.63) is 47.3 Å². The lowest BCUT2D eigenvalue weighted by Gasteiger charge is -2.24. The summed E-state index contributed by atoms with van der Waals surface area (Å²) < 4.78 is 6.69. The average Bonchev–Trinajstić information content (AvgIpc) is 3.47. The first-order chi connectivity index (χ1) is 17.6. The molecular formula is C27H35N7O2. The van der Waals surface area contributed by atoms with Gasteiger partial charge in [-0.15, -0.1) is 5.10 Å². The van der Waals surface area contributed by atoms with Crippen LogP contribution in [0.15, 0.2) is 24.4 Å². The van der Waals surface area contributed by atoms with Gasteiger partial charge in [-0.2, -0.15) is 0 Å². The molecule has 1 saturated carbocycles. The molecule has 0 bridgehead atoms. The summed E-state index contributed by atoms with van der Waals surface area (Å²) in [6, 6.07) is 6.24. The molecular weight excluding hydrogens is 454 g/mol. The molecule has 0 spiro atoms. The molecule has 190 valence electrons. The first kappa shape index (κ1) is 24.3. The fourth-order valence-electron chi connectivity index (χ4n) is 5.26. The van der Waals surface area contributed by atoms with Crippen LogP contribution in [0.4, 0.5) is 5.69 Å². The Labute approximate surface area is 212 Å². The minimum atomic E-state index is -0.138. The standard InChI is InChI=1S/C27H35N7O2/c1-4-20-23(34-15-13-18(17-34)16-26(35)36-3)9-8-22(29-20)27-24(33(2)32-31-27)10-11-25-28-14-12-21(30-25)19-6-5-7-19/h8-9,12,14,18-19H,4-7,10-11,13,15-17H2,1-3H3/t18-/m0/s1. The number of pyridine rings is 1. The van der Waals surface area contributed by atoms with Gasteiger partial charge < -0.3 is 9.64 Å². The Hall–Kier alpha value is -3.36. The quantitative estimate of drug-likeness (QED) is 0.420. The van der Waals surface area contributed by atoms with Crippen LogP contribution in [0.2, 0.25) is 0 Å². The van der Waals surface area contributed by atoms with Gasteiger partial charge >= 0.3 is 5.97 Å². The highest BCUT2D eigenvalue weighted by Crippen LogP contribution is 2.35. The van der Waals surface area contributed by atoms with E-state index in [9.17, 15) is 4.79 Å². The Balaban J connectivity index is 1.31. The molecule has 5 rings (SSSR count). The fraction of sp³-hybridized carbons (Fsp3) is 0.556. The van der Waals surface area contributed by atoms with Crippen molar-refractivity contribution >= 4 is 11.7 Å². The van der Waals surface area contributed by atoms with E-state index in [1.54, 1.807) is 0 Å². The summed E-state index contributed by atoms with van der Waals surface area (Å²) in [6.07, 6.45) is 9.41. The second-order valence-corrected chi connectivity index (χ2v) is 9.93. The van der Waals surface area contributed by atoms with Crippen molar-refractivity contribution in [3.63, 3.8) is 0 Å². The van der Waals surface area contributed by atoms with Crippen LogP contribution in [0, 0.1) is 5.92 Å². The summed E-state index contributed by atoms with van der Waals surface area (Å²) in [5.74, 6) is 1.65. The monoisotopic (exact) mass is 489 g/mol. The number of nitrogens with zero attached hydrogens (tertiary/aromatic N) is 7. The molecule has 3 aromatic heterocycles. The highest BCUT2D eigenvalue weighted by atomic mass is 16.5. The van der Waals surface area contributed by atoms with Crippen LogP contribution in [-0.4, -0.2) is 56.1 Å². The Morgan fingerprint density at radius 1 is 1.14 bits per heavy atom. The molecule has 2 aliphatic rings. The van der Waals surface area contributed by atoms with Crippen molar-refractivity contribution in [2.24, 2.45) is 13.0 Å². The predicted octanol–water partition coefficient (Wildman–Crippen LogP) is 3.67. The lowest BCUT2D eigenvalue weighted by molar-refractivity contribution is -0.141. The van der Waals surface area contributed by atoms with Crippen molar-refractivity contribution in [3.8, 4) is 11.4 Å². The Kier molecular flexibility index (Phi) is 7.25. The van der Waals surface area contributed by atoms with E-state index < -0.39 is 0 Å². The number of hydrogen-bond acceptors (Lipinski definition) is 8. The molecule has 4 heterocycles. The molecule has 1 atom stereocenters. The van der Waals surface area contributed by atoms with Crippen LogP contribution < -0.4 is 4.90 Å². The van der Waals surface area contributed by atoms with Gasteiger partial charge in [0.2, 0.25) is 0 Å². The molecule has 9 heteroatoms. The maximum Gasteiger partial charge on any atom is 0.305 e. The average molecular weight is 490 g/mol. The molecule has 3 aromatic rings. The molecule has 0 N–H and O–H groups in total. The number of hydrogen-bond donors (Lipinski definition) is 0. The van der Waals surface area contributed by atoms with Gasteiger partial charge in [-0.3, -0.25) is 9.48 Å². The zero-order valence-electron chi connectivity index (χ0n) is 21.5. The number of methoxy groups -OCH3 is 1. The zero-order valence-corrected chi connectivity index (χ0v) is 21.5. The summed E-state index contributed by atoms with van der Waals surface area (Å²) in [4.78, 5) is 28.4. The minimum Gasteiger partial charge on any atom is -0.469 e. The SMILES string of the molecule is CCc1nc(-c2nnn(C)c2CCc2nccc(C3CCC3)n2)ccc1N1CC[C@@H](CC(=O)OC)C1.